The zero-order valence-electron chi connectivity index (χ0n) is 17.0. The Labute approximate surface area is 178 Å². The molecule has 162 valence electrons. The Kier molecular flexibility index (Phi) is 5.91. The van der Waals surface area contributed by atoms with Crippen LogP contribution in [0.15, 0.2) is 30.6 Å². The van der Waals surface area contributed by atoms with Gasteiger partial charge in [0.25, 0.3) is 0 Å². The van der Waals surface area contributed by atoms with E-state index in [0.29, 0.717) is 17.0 Å². The van der Waals surface area contributed by atoms with Crippen LogP contribution in [0.1, 0.15) is 11.1 Å². The summed E-state index contributed by atoms with van der Waals surface area (Å²) in [6.07, 6.45) is -3.04. The molecule has 1 aliphatic rings. The number of nitrogens with zero attached hydrogens (tertiary/aromatic N) is 2. The summed E-state index contributed by atoms with van der Waals surface area (Å²) >= 11 is 0. The summed E-state index contributed by atoms with van der Waals surface area (Å²) in [5.74, 6) is 6.25. The third kappa shape index (κ3) is 3.99. The van der Waals surface area contributed by atoms with E-state index in [1.165, 1.54) is 0 Å². The largest absolute Gasteiger partial charge is 0.481 e. The summed E-state index contributed by atoms with van der Waals surface area (Å²) in [5.41, 5.74) is 3.87. The van der Waals surface area contributed by atoms with E-state index in [0.717, 1.165) is 22.1 Å². The Morgan fingerprint density at radius 1 is 1.13 bits per heavy atom. The first-order valence-corrected chi connectivity index (χ1v) is 9.73. The molecule has 3 aromatic rings. The molecule has 31 heavy (non-hydrogen) atoms. The number of methoxy groups -OCH3 is 1. The van der Waals surface area contributed by atoms with Crippen LogP contribution in [0, 0.1) is 18.8 Å². The average molecular weight is 425 g/mol. The van der Waals surface area contributed by atoms with Crippen LogP contribution in [0.5, 0.6) is 5.88 Å². The molecular weight excluding hydrogens is 402 g/mol. The number of nitrogens with one attached hydrogen (secondary N) is 1. The van der Waals surface area contributed by atoms with Gasteiger partial charge in [-0.25, -0.2) is 4.98 Å². The molecule has 9 nitrogen and oxygen atoms in total. The van der Waals surface area contributed by atoms with Gasteiger partial charge >= 0.3 is 0 Å². The average Bonchev–Trinajstić information content (AvgIpc) is 3.25. The summed E-state index contributed by atoms with van der Waals surface area (Å²) in [6, 6.07) is 5.75. The zero-order valence-corrected chi connectivity index (χ0v) is 17.0. The van der Waals surface area contributed by atoms with E-state index < -0.39 is 37.1 Å². The van der Waals surface area contributed by atoms with Crippen LogP contribution in [0.4, 0.5) is 0 Å². The molecule has 1 fully saturated rings. The first kappa shape index (κ1) is 21.2. The van der Waals surface area contributed by atoms with Crippen molar-refractivity contribution in [1.82, 2.24) is 15.2 Å². The molecule has 3 heterocycles. The van der Waals surface area contributed by atoms with Gasteiger partial charge in [-0.2, -0.15) is 5.10 Å². The normalized spacial score (nSPS) is 25.8. The lowest BCUT2D eigenvalue weighted by Gasteiger charge is -2.37. The van der Waals surface area contributed by atoms with Gasteiger partial charge in [-0.05, 0) is 36.2 Å². The van der Waals surface area contributed by atoms with E-state index in [9.17, 15) is 20.4 Å². The van der Waals surface area contributed by atoms with Gasteiger partial charge in [-0.15, -0.1) is 0 Å². The first-order chi connectivity index (χ1) is 14.9. The van der Waals surface area contributed by atoms with Crippen molar-refractivity contribution in [2.24, 2.45) is 0 Å². The highest BCUT2D eigenvalue weighted by Crippen LogP contribution is 2.32. The highest BCUT2D eigenvalue weighted by molar-refractivity contribution is 5.90. The monoisotopic (exact) mass is 425 g/mol. The summed E-state index contributed by atoms with van der Waals surface area (Å²) < 4.78 is 10.9. The molecule has 4 rings (SSSR count). The number of hydrogen-bond acceptors (Lipinski definition) is 8. The minimum Gasteiger partial charge on any atom is -0.481 e. The number of aromatic amines is 1. The highest BCUT2D eigenvalue weighted by Gasteiger charge is 2.42. The smallest absolute Gasteiger partial charge is 0.221 e. The molecule has 0 bridgehead atoms. The van der Waals surface area contributed by atoms with Crippen LogP contribution in [0.25, 0.3) is 22.0 Å². The van der Waals surface area contributed by atoms with Crippen LogP contribution < -0.4 is 4.74 Å². The number of aryl methyl sites for hydroxylation is 1. The molecule has 0 amide bonds. The first-order valence-electron chi connectivity index (χ1n) is 9.73. The van der Waals surface area contributed by atoms with Crippen molar-refractivity contribution < 1.29 is 29.9 Å². The van der Waals surface area contributed by atoms with Gasteiger partial charge in [0.15, 0.2) is 0 Å². The lowest BCUT2D eigenvalue weighted by atomic mass is 9.95. The molecule has 9 heteroatoms. The van der Waals surface area contributed by atoms with E-state index in [2.05, 4.69) is 27.0 Å². The number of aliphatic hydroxyl groups excluding tert-OH is 4. The van der Waals surface area contributed by atoms with Gasteiger partial charge in [-0.1, -0.05) is 11.8 Å². The van der Waals surface area contributed by atoms with Crippen LogP contribution >= 0.6 is 0 Å². The van der Waals surface area contributed by atoms with E-state index in [4.69, 9.17) is 9.47 Å². The Morgan fingerprint density at radius 3 is 2.68 bits per heavy atom. The van der Waals surface area contributed by atoms with Gasteiger partial charge in [0.05, 0.1) is 31.0 Å². The lowest BCUT2D eigenvalue weighted by molar-refractivity contribution is -0.214. The van der Waals surface area contributed by atoms with Gasteiger partial charge in [0, 0.05) is 17.1 Å². The zero-order chi connectivity index (χ0) is 22.1. The van der Waals surface area contributed by atoms with Crippen LogP contribution in [0.2, 0.25) is 0 Å². The number of ether oxygens (including phenoxy) is 2. The van der Waals surface area contributed by atoms with Crippen molar-refractivity contribution in [2.75, 3.05) is 13.7 Å². The predicted octanol–water partition coefficient (Wildman–Crippen LogP) is 0.136. The number of rotatable bonds is 3. The highest BCUT2D eigenvalue weighted by atomic mass is 16.5. The van der Waals surface area contributed by atoms with Crippen molar-refractivity contribution in [1.29, 1.82) is 0 Å². The number of hydrogen-bond donors (Lipinski definition) is 5. The van der Waals surface area contributed by atoms with Crippen LogP contribution in [-0.2, 0) is 4.74 Å². The molecule has 1 aliphatic heterocycles. The number of benzene rings is 1. The lowest BCUT2D eigenvalue weighted by Crippen LogP contribution is -2.58. The molecule has 0 saturated carbocycles. The minimum atomic E-state index is -1.48. The number of H-pyrrole nitrogens is 1. The van der Waals surface area contributed by atoms with E-state index >= 15 is 0 Å². The Balaban J connectivity index is 1.76. The summed E-state index contributed by atoms with van der Waals surface area (Å²) in [5, 5.41) is 47.3. The Morgan fingerprint density at radius 2 is 1.94 bits per heavy atom. The molecule has 0 radical (unpaired) electrons. The number of aromatic nitrogens is 3. The molecule has 1 aromatic carbocycles. The third-order valence-electron chi connectivity index (χ3n) is 5.28. The molecule has 5 atom stereocenters. The van der Waals surface area contributed by atoms with Crippen molar-refractivity contribution in [2.45, 2.75) is 37.4 Å². The van der Waals surface area contributed by atoms with Crippen LogP contribution in [-0.4, -0.2) is 79.8 Å². The fourth-order valence-corrected chi connectivity index (χ4v) is 3.61. The quantitative estimate of drug-likeness (QED) is 0.373. The fraction of sp³-hybridized carbons (Fsp3) is 0.364. The van der Waals surface area contributed by atoms with Crippen molar-refractivity contribution in [3.05, 3.63) is 41.7 Å². The standard InChI is InChI=1S/C22H23N3O6/c1-11-5-15(22(30-2)23-8-11)13-6-12(18-14(7-13)9-24-25-18)3-4-16-19(27)21(29)20(28)17(10-26)31-16/h5-9,16-17,19-21,26-29H,10H2,1-2H3,(H,24,25)/t16-,17-,19-,20-,21-/m1/s1. The maximum atomic E-state index is 10.2. The second kappa shape index (κ2) is 8.63. The molecule has 0 spiro atoms. The number of fused-ring (bicyclic) bond motifs is 1. The van der Waals surface area contributed by atoms with Gasteiger partial charge in [0.2, 0.25) is 5.88 Å². The number of pyridine rings is 1. The Hall–Kier alpha value is -3.00. The van der Waals surface area contributed by atoms with Crippen molar-refractivity contribution in [3.63, 3.8) is 0 Å². The second-order valence-corrected chi connectivity index (χ2v) is 7.45. The van der Waals surface area contributed by atoms with E-state index in [1.807, 2.05) is 25.1 Å². The third-order valence-corrected chi connectivity index (χ3v) is 5.28. The van der Waals surface area contributed by atoms with Crippen LogP contribution in [0.3, 0.4) is 0 Å². The fourth-order valence-electron chi connectivity index (χ4n) is 3.61. The summed E-state index contributed by atoms with van der Waals surface area (Å²) in [6.45, 7) is 1.43. The van der Waals surface area contributed by atoms with Gasteiger partial charge in [0.1, 0.15) is 30.5 Å². The molecule has 0 unspecified atom stereocenters. The van der Waals surface area contributed by atoms with E-state index in [-0.39, 0.29) is 0 Å². The summed E-state index contributed by atoms with van der Waals surface area (Å²) in [4.78, 5) is 4.32. The molecule has 5 N–H and O–H groups in total. The predicted molar refractivity (Wildman–Crippen MR) is 111 cm³/mol. The minimum absolute atomic E-state index is 0.473. The maximum absolute atomic E-state index is 10.2. The van der Waals surface area contributed by atoms with Gasteiger partial charge in [-0.3, -0.25) is 5.10 Å². The van der Waals surface area contributed by atoms with E-state index in [1.54, 1.807) is 19.5 Å². The van der Waals surface area contributed by atoms with Crippen molar-refractivity contribution >= 4 is 10.9 Å². The summed E-state index contributed by atoms with van der Waals surface area (Å²) in [7, 11) is 1.55. The second-order valence-electron chi connectivity index (χ2n) is 7.45. The maximum Gasteiger partial charge on any atom is 0.221 e. The van der Waals surface area contributed by atoms with Crippen molar-refractivity contribution in [3.8, 4) is 28.8 Å². The molecule has 1 saturated heterocycles. The molecule has 0 aliphatic carbocycles. The SMILES string of the molecule is COc1ncc(C)cc1-c1cc(C#C[C@H]2O[C@H](CO)[C@@H](O)[C@H](O)[C@@H]2O)c2[nH]ncc2c1. The molecule has 2 aromatic heterocycles. The van der Waals surface area contributed by atoms with Gasteiger partial charge < -0.3 is 29.9 Å². The molecular formula is C22H23N3O6. The topological polar surface area (TPSA) is 141 Å². The Bertz CT molecular complexity index is 1150. The number of aliphatic hydroxyl groups is 4.